The number of nitrogens with zero attached hydrogens (tertiary/aromatic N) is 2. The minimum absolute atomic E-state index is 0.816. The highest BCUT2D eigenvalue weighted by Crippen LogP contribution is 2.21. The number of aryl methyl sites for hydroxylation is 1. The van der Waals surface area contributed by atoms with Gasteiger partial charge in [0.25, 0.3) is 0 Å². The van der Waals surface area contributed by atoms with Gasteiger partial charge < -0.3 is 0 Å². The average molecular weight is 254 g/mol. The quantitative estimate of drug-likeness (QED) is 0.595. The van der Waals surface area contributed by atoms with Crippen LogP contribution in [0.5, 0.6) is 0 Å². The van der Waals surface area contributed by atoms with Crippen molar-refractivity contribution in [3.05, 3.63) is 48.2 Å². The zero-order chi connectivity index (χ0) is 12.8. The summed E-state index contributed by atoms with van der Waals surface area (Å²) in [6.07, 6.45) is 4.17. The van der Waals surface area contributed by atoms with Crippen molar-refractivity contribution in [3.63, 3.8) is 0 Å². The lowest BCUT2D eigenvalue weighted by Crippen LogP contribution is -1.87. The maximum Gasteiger partial charge on any atom is 0.0740 e. The molecule has 0 N–H and O–H groups in total. The lowest BCUT2D eigenvalue weighted by molar-refractivity contribution is 0.914. The first kappa shape index (κ1) is 12.6. The summed E-state index contributed by atoms with van der Waals surface area (Å²) in [5, 5.41) is 2.36. The Balaban J connectivity index is 2.22. The van der Waals surface area contributed by atoms with E-state index in [4.69, 9.17) is 0 Å². The van der Waals surface area contributed by atoms with Crippen LogP contribution < -0.4 is 0 Å². The summed E-state index contributed by atoms with van der Waals surface area (Å²) in [5.41, 5.74) is 4.16. The van der Waals surface area contributed by atoms with Crippen LogP contribution >= 0.6 is 12.2 Å². The van der Waals surface area contributed by atoms with Gasteiger partial charge in [0.15, 0.2) is 0 Å². The van der Waals surface area contributed by atoms with Gasteiger partial charge in [0.2, 0.25) is 0 Å². The molecule has 0 saturated carbocycles. The lowest BCUT2D eigenvalue weighted by Gasteiger charge is -2.03. The van der Waals surface area contributed by atoms with Crippen molar-refractivity contribution in [2.75, 3.05) is 0 Å². The van der Waals surface area contributed by atoms with Crippen LogP contribution in [0.15, 0.2) is 47.6 Å². The normalized spacial score (nSPS) is 9.83. The Bertz CT molecular complexity index is 552. The predicted molar refractivity (Wildman–Crippen MR) is 78.4 cm³/mol. The molecule has 2 aromatic rings. The van der Waals surface area contributed by atoms with E-state index in [0.717, 1.165) is 29.8 Å². The van der Waals surface area contributed by atoms with Gasteiger partial charge in [-0.25, -0.2) is 0 Å². The molecule has 1 aromatic carbocycles. The summed E-state index contributed by atoms with van der Waals surface area (Å²) in [6, 6.07) is 12.0. The van der Waals surface area contributed by atoms with Crippen molar-refractivity contribution in [2.24, 2.45) is 4.99 Å². The molecule has 0 bridgehead atoms. The van der Waals surface area contributed by atoms with Gasteiger partial charge >= 0.3 is 0 Å². The highest BCUT2D eigenvalue weighted by atomic mass is 32.1. The molecule has 2 rings (SSSR count). The number of hydrogen-bond acceptors (Lipinski definition) is 3. The topological polar surface area (TPSA) is 25.2 Å². The van der Waals surface area contributed by atoms with Crippen molar-refractivity contribution in [2.45, 2.75) is 19.8 Å². The van der Waals surface area contributed by atoms with Gasteiger partial charge in [-0.15, -0.1) is 0 Å². The fourth-order valence-electron chi connectivity index (χ4n) is 1.79. The summed E-state index contributed by atoms with van der Waals surface area (Å²) < 4.78 is 0. The first-order chi connectivity index (χ1) is 8.83. The van der Waals surface area contributed by atoms with Gasteiger partial charge in [0.05, 0.1) is 16.5 Å². The molecule has 1 heterocycles. The van der Waals surface area contributed by atoms with Gasteiger partial charge in [-0.2, -0.15) is 4.99 Å². The molecule has 90 valence electrons. The van der Waals surface area contributed by atoms with Crippen LogP contribution in [0.2, 0.25) is 0 Å². The van der Waals surface area contributed by atoms with E-state index in [2.05, 4.69) is 46.4 Å². The van der Waals surface area contributed by atoms with Gasteiger partial charge in [-0.05, 0) is 42.4 Å². The zero-order valence-electron chi connectivity index (χ0n) is 10.3. The predicted octanol–water partition coefficient (Wildman–Crippen LogP) is 4.44. The van der Waals surface area contributed by atoms with Crippen LogP contribution in [0.1, 0.15) is 18.9 Å². The Morgan fingerprint density at radius 1 is 1.17 bits per heavy atom. The number of isothiocyanates is 1. The maximum atomic E-state index is 4.57. The number of hydrogen-bond donors (Lipinski definition) is 0. The van der Waals surface area contributed by atoms with Crippen molar-refractivity contribution in [3.8, 4) is 11.3 Å². The number of rotatable bonds is 4. The molecule has 0 aliphatic rings. The molecule has 18 heavy (non-hydrogen) atoms. The zero-order valence-corrected chi connectivity index (χ0v) is 11.1. The lowest BCUT2D eigenvalue weighted by atomic mass is 10.1. The minimum Gasteiger partial charge on any atom is -0.256 e. The number of benzene rings is 1. The molecule has 1 aromatic heterocycles. The number of aliphatic imine (C=N–C) groups is 1. The average Bonchev–Trinajstić information content (AvgIpc) is 2.41. The summed E-state index contributed by atoms with van der Waals surface area (Å²) in [5.74, 6) is 0. The molecule has 0 saturated heterocycles. The summed E-state index contributed by atoms with van der Waals surface area (Å²) >= 11 is 4.57. The minimum atomic E-state index is 0.816. The monoisotopic (exact) mass is 254 g/mol. The Morgan fingerprint density at radius 2 is 1.94 bits per heavy atom. The van der Waals surface area contributed by atoms with Crippen molar-refractivity contribution in [1.82, 2.24) is 4.98 Å². The standard InChI is InChI=1S/C15H14N2S/c1-2-3-12-4-9-15(16-10-12)13-5-7-14(8-6-13)17-11-18/h4-10H,2-3H2,1H3. The van der Waals surface area contributed by atoms with Crippen LogP contribution in [0, 0.1) is 0 Å². The highest BCUT2D eigenvalue weighted by molar-refractivity contribution is 7.78. The third-order valence-corrected chi connectivity index (χ3v) is 2.79. The molecule has 0 atom stereocenters. The molecule has 0 aliphatic carbocycles. The summed E-state index contributed by atoms with van der Waals surface area (Å²) in [6.45, 7) is 2.17. The van der Waals surface area contributed by atoms with Crippen molar-refractivity contribution >= 4 is 23.1 Å². The van der Waals surface area contributed by atoms with Crippen molar-refractivity contribution < 1.29 is 0 Å². The molecular weight excluding hydrogens is 240 g/mol. The first-order valence-electron chi connectivity index (χ1n) is 5.96. The van der Waals surface area contributed by atoms with Gasteiger partial charge in [0.1, 0.15) is 0 Å². The van der Waals surface area contributed by atoms with Gasteiger partial charge in [-0.3, -0.25) is 4.98 Å². The van der Waals surface area contributed by atoms with Gasteiger partial charge in [0, 0.05) is 11.8 Å². The summed E-state index contributed by atoms with van der Waals surface area (Å²) in [4.78, 5) is 8.40. The Morgan fingerprint density at radius 3 is 2.50 bits per heavy atom. The molecule has 0 spiro atoms. The fourth-order valence-corrected chi connectivity index (χ4v) is 1.90. The van der Waals surface area contributed by atoms with Gasteiger partial charge in [-0.1, -0.05) is 31.5 Å². The van der Waals surface area contributed by atoms with E-state index in [1.165, 1.54) is 5.56 Å². The largest absolute Gasteiger partial charge is 0.256 e. The molecular formula is C15H14N2S. The second kappa shape index (κ2) is 6.20. The van der Waals surface area contributed by atoms with E-state index in [1.807, 2.05) is 30.5 Å². The Hall–Kier alpha value is -1.83. The van der Waals surface area contributed by atoms with Crippen LogP contribution in [0.3, 0.4) is 0 Å². The molecule has 0 aliphatic heterocycles. The van der Waals surface area contributed by atoms with E-state index in [-0.39, 0.29) is 0 Å². The van der Waals surface area contributed by atoms with Crippen LogP contribution in [-0.2, 0) is 6.42 Å². The Labute approximate surface area is 112 Å². The van der Waals surface area contributed by atoms with Crippen molar-refractivity contribution in [1.29, 1.82) is 0 Å². The van der Waals surface area contributed by atoms with E-state index >= 15 is 0 Å². The van der Waals surface area contributed by atoms with E-state index in [9.17, 15) is 0 Å². The smallest absolute Gasteiger partial charge is 0.0740 e. The summed E-state index contributed by atoms with van der Waals surface area (Å²) in [7, 11) is 0. The van der Waals surface area contributed by atoms with Crippen LogP contribution in [0.4, 0.5) is 5.69 Å². The fraction of sp³-hybridized carbons (Fsp3) is 0.200. The molecule has 0 amide bonds. The maximum absolute atomic E-state index is 4.57. The first-order valence-corrected chi connectivity index (χ1v) is 6.37. The van der Waals surface area contributed by atoms with E-state index in [0.29, 0.717) is 0 Å². The Kier molecular flexibility index (Phi) is 4.35. The third-order valence-electron chi connectivity index (χ3n) is 2.70. The number of pyridine rings is 1. The second-order valence-corrected chi connectivity index (χ2v) is 4.23. The van der Waals surface area contributed by atoms with Crippen LogP contribution in [0.25, 0.3) is 11.3 Å². The number of thiocarbonyl (C=S) groups is 1. The van der Waals surface area contributed by atoms with E-state index in [1.54, 1.807) is 0 Å². The molecule has 0 fully saturated rings. The SMILES string of the molecule is CCCc1ccc(-c2ccc(N=C=S)cc2)nc1. The molecule has 2 nitrogen and oxygen atoms in total. The second-order valence-electron chi connectivity index (χ2n) is 4.05. The third kappa shape index (κ3) is 3.10. The molecule has 0 unspecified atom stereocenters. The highest BCUT2D eigenvalue weighted by Gasteiger charge is 1.99. The van der Waals surface area contributed by atoms with E-state index < -0.39 is 0 Å². The number of aromatic nitrogens is 1. The molecule has 0 radical (unpaired) electrons. The molecule has 3 heteroatoms. The van der Waals surface area contributed by atoms with Crippen LogP contribution in [-0.4, -0.2) is 10.1 Å².